The van der Waals surface area contributed by atoms with Crippen molar-refractivity contribution < 1.29 is 4.79 Å². The Morgan fingerprint density at radius 1 is 1.28 bits per heavy atom. The van der Waals surface area contributed by atoms with Gasteiger partial charge in [-0.15, -0.1) is 11.3 Å². The monoisotopic (exact) mass is 260 g/mol. The Labute approximate surface area is 111 Å². The Kier molecular flexibility index (Phi) is 3.77. The number of anilines is 1. The van der Waals surface area contributed by atoms with Crippen molar-refractivity contribution in [2.75, 3.05) is 5.32 Å². The lowest BCUT2D eigenvalue weighted by molar-refractivity contribution is 0.103. The lowest BCUT2D eigenvalue weighted by Gasteiger charge is -2.04. The number of aromatic nitrogens is 1. The molecule has 1 aromatic heterocycles. The van der Waals surface area contributed by atoms with E-state index in [2.05, 4.69) is 17.2 Å². The molecule has 0 saturated carbocycles. The number of rotatable bonds is 3. The molecule has 1 N–H and O–H groups in total. The highest BCUT2D eigenvalue weighted by atomic mass is 32.1. The van der Waals surface area contributed by atoms with Crippen molar-refractivity contribution in [1.82, 2.24) is 4.98 Å². The highest BCUT2D eigenvalue weighted by Crippen LogP contribution is 2.19. The van der Waals surface area contributed by atoms with Crippen LogP contribution < -0.4 is 5.32 Å². The lowest BCUT2D eigenvalue weighted by Crippen LogP contribution is -2.11. The van der Waals surface area contributed by atoms with Gasteiger partial charge in [-0.3, -0.25) is 4.79 Å². The summed E-state index contributed by atoms with van der Waals surface area (Å²) in [6.07, 6.45) is 1.00. The number of nitrogens with zero attached hydrogens (tertiary/aromatic N) is 1. The summed E-state index contributed by atoms with van der Waals surface area (Å²) < 4.78 is 0. The molecule has 0 radical (unpaired) electrons. The number of benzene rings is 1. The van der Waals surface area contributed by atoms with Gasteiger partial charge in [-0.1, -0.05) is 19.1 Å². The fraction of sp³-hybridized carbons (Fsp3) is 0.286. The van der Waals surface area contributed by atoms with Crippen LogP contribution in [0.15, 0.2) is 24.3 Å². The maximum Gasteiger partial charge on any atom is 0.267 e. The second-order valence-electron chi connectivity index (χ2n) is 4.15. The molecule has 0 bridgehead atoms. The third-order valence-electron chi connectivity index (χ3n) is 2.73. The summed E-state index contributed by atoms with van der Waals surface area (Å²) in [6.45, 7) is 5.88. The van der Waals surface area contributed by atoms with E-state index in [-0.39, 0.29) is 5.91 Å². The zero-order valence-corrected chi connectivity index (χ0v) is 11.6. The van der Waals surface area contributed by atoms with Crippen LogP contribution in [0, 0.1) is 13.8 Å². The molecule has 4 heteroatoms. The molecule has 0 aliphatic rings. The van der Waals surface area contributed by atoms with E-state index in [4.69, 9.17) is 0 Å². The van der Waals surface area contributed by atoms with Crippen LogP contribution in [0.1, 0.15) is 32.9 Å². The molecule has 1 amide bonds. The molecule has 3 nitrogen and oxygen atoms in total. The van der Waals surface area contributed by atoms with Crippen molar-refractivity contribution in [3.63, 3.8) is 0 Å². The minimum Gasteiger partial charge on any atom is -0.321 e. The van der Waals surface area contributed by atoms with Crippen molar-refractivity contribution in [3.05, 3.63) is 45.4 Å². The quantitative estimate of drug-likeness (QED) is 0.916. The fourth-order valence-electron chi connectivity index (χ4n) is 1.75. The predicted octanol–water partition coefficient (Wildman–Crippen LogP) is 3.57. The van der Waals surface area contributed by atoms with Crippen LogP contribution in [-0.4, -0.2) is 10.9 Å². The SMILES string of the molecule is CCc1ccc(NC(=O)c2sc(C)nc2C)cc1. The van der Waals surface area contributed by atoms with Crippen LogP contribution in [0.25, 0.3) is 0 Å². The van der Waals surface area contributed by atoms with Gasteiger partial charge in [0.1, 0.15) is 4.88 Å². The van der Waals surface area contributed by atoms with Crippen LogP contribution in [0.3, 0.4) is 0 Å². The first-order chi connectivity index (χ1) is 8.60. The van der Waals surface area contributed by atoms with E-state index >= 15 is 0 Å². The van der Waals surface area contributed by atoms with E-state index in [0.717, 1.165) is 22.8 Å². The van der Waals surface area contributed by atoms with Gasteiger partial charge in [-0.05, 0) is 38.0 Å². The molecular formula is C14H16N2OS. The van der Waals surface area contributed by atoms with Crippen LogP contribution >= 0.6 is 11.3 Å². The number of hydrogen-bond donors (Lipinski definition) is 1. The van der Waals surface area contributed by atoms with Gasteiger partial charge < -0.3 is 5.32 Å². The minimum absolute atomic E-state index is 0.0812. The Balaban J connectivity index is 2.13. The van der Waals surface area contributed by atoms with Gasteiger partial charge in [0.25, 0.3) is 5.91 Å². The summed E-state index contributed by atoms with van der Waals surface area (Å²) in [5.41, 5.74) is 2.88. The van der Waals surface area contributed by atoms with Crippen LogP contribution in [0.5, 0.6) is 0 Å². The summed E-state index contributed by atoms with van der Waals surface area (Å²) in [4.78, 5) is 17.0. The van der Waals surface area contributed by atoms with Crippen LogP contribution in [-0.2, 0) is 6.42 Å². The fourth-order valence-corrected chi connectivity index (χ4v) is 2.57. The Bertz CT molecular complexity index is 558. The molecule has 1 aromatic carbocycles. The van der Waals surface area contributed by atoms with Gasteiger partial charge in [0.15, 0.2) is 0 Å². The van der Waals surface area contributed by atoms with Gasteiger partial charge in [-0.25, -0.2) is 4.98 Å². The molecule has 0 aliphatic carbocycles. The highest BCUT2D eigenvalue weighted by molar-refractivity contribution is 7.13. The second-order valence-corrected chi connectivity index (χ2v) is 5.36. The average molecular weight is 260 g/mol. The molecule has 18 heavy (non-hydrogen) atoms. The Morgan fingerprint density at radius 3 is 2.44 bits per heavy atom. The van der Waals surface area contributed by atoms with E-state index in [9.17, 15) is 4.79 Å². The predicted molar refractivity (Wildman–Crippen MR) is 75.4 cm³/mol. The molecule has 94 valence electrons. The van der Waals surface area contributed by atoms with Crippen LogP contribution in [0.2, 0.25) is 0 Å². The first kappa shape index (κ1) is 12.8. The van der Waals surface area contributed by atoms with Crippen molar-refractivity contribution >= 4 is 22.9 Å². The number of carbonyl (C=O) groups excluding carboxylic acids is 1. The summed E-state index contributed by atoms with van der Waals surface area (Å²) in [5.74, 6) is -0.0812. The molecular weight excluding hydrogens is 244 g/mol. The second kappa shape index (κ2) is 5.31. The largest absolute Gasteiger partial charge is 0.321 e. The molecule has 1 heterocycles. The van der Waals surface area contributed by atoms with Gasteiger partial charge in [0.05, 0.1) is 10.7 Å². The van der Waals surface area contributed by atoms with E-state index in [1.807, 2.05) is 38.1 Å². The summed E-state index contributed by atoms with van der Waals surface area (Å²) in [6, 6.07) is 7.92. The minimum atomic E-state index is -0.0812. The van der Waals surface area contributed by atoms with Crippen molar-refractivity contribution in [1.29, 1.82) is 0 Å². The summed E-state index contributed by atoms with van der Waals surface area (Å²) in [7, 11) is 0. The zero-order chi connectivity index (χ0) is 13.1. The Morgan fingerprint density at radius 2 is 1.94 bits per heavy atom. The van der Waals surface area contributed by atoms with Gasteiger partial charge in [0.2, 0.25) is 0 Å². The third kappa shape index (κ3) is 2.76. The average Bonchev–Trinajstić information content (AvgIpc) is 2.69. The zero-order valence-electron chi connectivity index (χ0n) is 10.8. The number of carbonyl (C=O) groups is 1. The van der Waals surface area contributed by atoms with Gasteiger partial charge >= 0.3 is 0 Å². The number of thiazole rings is 1. The maximum absolute atomic E-state index is 12.1. The summed E-state index contributed by atoms with van der Waals surface area (Å²) in [5, 5.41) is 3.81. The molecule has 0 saturated heterocycles. The lowest BCUT2D eigenvalue weighted by atomic mass is 10.1. The molecule has 0 fully saturated rings. The maximum atomic E-state index is 12.1. The topological polar surface area (TPSA) is 42.0 Å². The number of nitrogens with one attached hydrogen (secondary N) is 1. The van der Waals surface area contributed by atoms with E-state index in [0.29, 0.717) is 4.88 Å². The molecule has 0 unspecified atom stereocenters. The summed E-state index contributed by atoms with van der Waals surface area (Å²) >= 11 is 1.43. The molecule has 2 aromatic rings. The van der Waals surface area contributed by atoms with Crippen molar-refractivity contribution in [3.8, 4) is 0 Å². The molecule has 2 rings (SSSR count). The van der Waals surface area contributed by atoms with Crippen LogP contribution in [0.4, 0.5) is 5.69 Å². The molecule has 0 spiro atoms. The van der Waals surface area contributed by atoms with Crippen molar-refractivity contribution in [2.45, 2.75) is 27.2 Å². The third-order valence-corrected chi connectivity index (χ3v) is 3.80. The van der Waals surface area contributed by atoms with Gasteiger partial charge in [0, 0.05) is 5.69 Å². The first-order valence-corrected chi connectivity index (χ1v) is 6.76. The standard InChI is InChI=1S/C14H16N2OS/c1-4-11-5-7-12(8-6-11)16-14(17)13-9(2)15-10(3)18-13/h5-8H,4H2,1-3H3,(H,16,17). The van der Waals surface area contributed by atoms with E-state index in [1.54, 1.807) is 0 Å². The number of hydrogen-bond acceptors (Lipinski definition) is 3. The number of aryl methyl sites for hydroxylation is 3. The smallest absolute Gasteiger partial charge is 0.267 e. The van der Waals surface area contributed by atoms with E-state index in [1.165, 1.54) is 16.9 Å². The number of amides is 1. The molecule has 0 atom stereocenters. The molecule has 0 aliphatic heterocycles. The Hall–Kier alpha value is -1.68. The normalized spacial score (nSPS) is 10.4. The first-order valence-electron chi connectivity index (χ1n) is 5.94. The van der Waals surface area contributed by atoms with Crippen molar-refractivity contribution in [2.24, 2.45) is 0 Å². The highest BCUT2D eigenvalue weighted by Gasteiger charge is 2.13. The van der Waals surface area contributed by atoms with Gasteiger partial charge in [-0.2, -0.15) is 0 Å². The van der Waals surface area contributed by atoms with E-state index < -0.39 is 0 Å².